The van der Waals surface area contributed by atoms with Crippen molar-refractivity contribution < 1.29 is 9.47 Å². The van der Waals surface area contributed by atoms with Crippen LogP contribution in [0.5, 0.6) is 0 Å². The van der Waals surface area contributed by atoms with Crippen LogP contribution in [0.1, 0.15) is 46.5 Å². The van der Waals surface area contributed by atoms with Gasteiger partial charge in [0.2, 0.25) is 0 Å². The standard InChI is InChI=1S/C15H29NO2/c1-4-18-14-10-13(15(14)6-5-7-15)16-8-9-17-11-12(2)3/h12-14,16H,4-11H2,1-3H3. The summed E-state index contributed by atoms with van der Waals surface area (Å²) in [5.41, 5.74) is 0.480. The normalized spacial score (nSPS) is 29.3. The molecule has 2 unspecified atom stereocenters. The molecule has 0 aromatic rings. The molecule has 1 spiro atoms. The van der Waals surface area contributed by atoms with E-state index in [4.69, 9.17) is 9.47 Å². The summed E-state index contributed by atoms with van der Waals surface area (Å²) in [6, 6.07) is 0.672. The van der Waals surface area contributed by atoms with Gasteiger partial charge in [-0.15, -0.1) is 0 Å². The lowest BCUT2D eigenvalue weighted by molar-refractivity contribution is -0.173. The molecule has 0 amide bonds. The zero-order valence-electron chi connectivity index (χ0n) is 12.2. The van der Waals surface area contributed by atoms with Gasteiger partial charge >= 0.3 is 0 Å². The first kappa shape index (κ1) is 14.3. The first-order valence-electron chi connectivity index (χ1n) is 7.61. The highest BCUT2D eigenvalue weighted by Gasteiger charge is 2.58. The van der Waals surface area contributed by atoms with Crippen molar-refractivity contribution in [2.75, 3.05) is 26.4 Å². The fraction of sp³-hybridized carbons (Fsp3) is 1.00. The van der Waals surface area contributed by atoms with Gasteiger partial charge in [0, 0.05) is 31.2 Å². The fourth-order valence-electron chi connectivity index (χ4n) is 3.35. The summed E-state index contributed by atoms with van der Waals surface area (Å²) < 4.78 is 11.5. The zero-order valence-corrected chi connectivity index (χ0v) is 12.2. The smallest absolute Gasteiger partial charge is 0.0661 e. The molecule has 2 aliphatic carbocycles. The fourth-order valence-corrected chi connectivity index (χ4v) is 3.35. The van der Waals surface area contributed by atoms with Gasteiger partial charge in [-0.1, -0.05) is 20.3 Å². The number of hydrogen-bond donors (Lipinski definition) is 1. The predicted octanol–water partition coefficient (Wildman–Crippen LogP) is 2.60. The van der Waals surface area contributed by atoms with Crippen molar-refractivity contribution in [3.63, 3.8) is 0 Å². The van der Waals surface area contributed by atoms with Crippen molar-refractivity contribution in [1.82, 2.24) is 5.32 Å². The van der Waals surface area contributed by atoms with Crippen LogP contribution in [0.15, 0.2) is 0 Å². The molecular weight excluding hydrogens is 226 g/mol. The van der Waals surface area contributed by atoms with Crippen LogP contribution >= 0.6 is 0 Å². The Bertz CT molecular complexity index is 251. The van der Waals surface area contributed by atoms with Gasteiger partial charge in [-0.25, -0.2) is 0 Å². The van der Waals surface area contributed by atoms with E-state index in [0.29, 0.717) is 23.5 Å². The molecule has 2 atom stereocenters. The van der Waals surface area contributed by atoms with Crippen LogP contribution in [0, 0.1) is 11.3 Å². The molecule has 0 saturated heterocycles. The van der Waals surface area contributed by atoms with Gasteiger partial charge < -0.3 is 14.8 Å². The van der Waals surface area contributed by atoms with Crippen LogP contribution in [0.3, 0.4) is 0 Å². The molecular formula is C15H29NO2. The summed E-state index contributed by atoms with van der Waals surface area (Å²) in [6.07, 6.45) is 5.79. The third-order valence-electron chi connectivity index (χ3n) is 4.53. The Balaban J connectivity index is 1.62. The van der Waals surface area contributed by atoms with Gasteiger partial charge in [0.1, 0.15) is 0 Å². The number of rotatable bonds is 8. The van der Waals surface area contributed by atoms with E-state index in [-0.39, 0.29) is 0 Å². The van der Waals surface area contributed by atoms with Gasteiger partial charge in [0.25, 0.3) is 0 Å². The van der Waals surface area contributed by atoms with Gasteiger partial charge in [0.15, 0.2) is 0 Å². The molecule has 2 aliphatic rings. The maximum absolute atomic E-state index is 5.85. The summed E-state index contributed by atoms with van der Waals surface area (Å²) in [6.45, 7) is 10.0. The molecule has 1 N–H and O–H groups in total. The number of ether oxygens (including phenoxy) is 2. The Morgan fingerprint density at radius 1 is 1.33 bits per heavy atom. The van der Waals surface area contributed by atoms with Crippen LogP contribution < -0.4 is 5.32 Å². The summed E-state index contributed by atoms with van der Waals surface area (Å²) in [5, 5.41) is 3.67. The minimum Gasteiger partial charge on any atom is -0.380 e. The molecule has 0 aliphatic heterocycles. The van der Waals surface area contributed by atoms with E-state index >= 15 is 0 Å². The highest BCUT2D eigenvalue weighted by atomic mass is 16.5. The molecule has 106 valence electrons. The van der Waals surface area contributed by atoms with Crippen LogP contribution in [0.2, 0.25) is 0 Å². The van der Waals surface area contributed by atoms with Crippen molar-refractivity contribution in [2.24, 2.45) is 11.3 Å². The summed E-state index contributed by atoms with van der Waals surface area (Å²) >= 11 is 0. The van der Waals surface area contributed by atoms with Crippen molar-refractivity contribution in [3.05, 3.63) is 0 Å². The Morgan fingerprint density at radius 3 is 2.67 bits per heavy atom. The SMILES string of the molecule is CCOC1CC(NCCOCC(C)C)C12CCC2. The highest BCUT2D eigenvalue weighted by Crippen LogP contribution is 2.57. The van der Waals surface area contributed by atoms with E-state index < -0.39 is 0 Å². The van der Waals surface area contributed by atoms with E-state index in [9.17, 15) is 0 Å². The second-order valence-electron chi connectivity index (χ2n) is 6.24. The van der Waals surface area contributed by atoms with E-state index in [2.05, 4.69) is 26.1 Å². The van der Waals surface area contributed by atoms with Crippen molar-refractivity contribution >= 4 is 0 Å². The first-order chi connectivity index (χ1) is 8.69. The monoisotopic (exact) mass is 255 g/mol. The molecule has 18 heavy (non-hydrogen) atoms. The summed E-state index contributed by atoms with van der Waals surface area (Å²) in [4.78, 5) is 0. The molecule has 2 saturated carbocycles. The van der Waals surface area contributed by atoms with Crippen molar-refractivity contribution in [3.8, 4) is 0 Å². The molecule has 0 heterocycles. The van der Waals surface area contributed by atoms with Crippen LogP contribution in [-0.2, 0) is 9.47 Å². The maximum atomic E-state index is 5.85. The van der Waals surface area contributed by atoms with Gasteiger partial charge in [-0.2, -0.15) is 0 Å². The molecule has 0 radical (unpaired) electrons. The first-order valence-corrected chi connectivity index (χ1v) is 7.61. The molecule has 0 aromatic carbocycles. The van der Waals surface area contributed by atoms with E-state index in [0.717, 1.165) is 26.4 Å². The summed E-state index contributed by atoms with van der Waals surface area (Å²) in [7, 11) is 0. The topological polar surface area (TPSA) is 30.5 Å². The van der Waals surface area contributed by atoms with Crippen molar-refractivity contribution in [2.45, 2.75) is 58.6 Å². The Hall–Kier alpha value is -0.120. The average molecular weight is 255 g/mol. The van der Waals surface area contributed by atoms with Crippen molar-refractivity contribution in [1.29, 1.82) is 0 Å². The molecule has 3 heteroatoms. The molecule has 2 fully saturated rings. The number of nitrogens with one attached hydrogen (secondary N) is 1. The lowest BCUT2D eigenvalue weighted by Gasteiger charge is -2.61. The van der Waals surface area contributed by atoms with Gasteiger partial charge in [-0.3, -0.25) is 0 Å². The largest absolute Gasteiger partial charge is 0.380 e. The zero-order chi connectivity index (χ0) is 13.0. The lowest BCUT2D eigenvalue weighted by Crippen LogP contribution is -2.67. The van der Waals surface area contributed by atoms with E-state index in [1.165, 1.54) is 25.7 Å². The van der Waals surface area contributed by atoms with Crippen LogP contribution in [-0.4, -0.2) is 38.5 Å². The Morgan fingerprint density at radius 2 is 2.11 bits per heavy atom. The number of hydrogen-bond acceptors (Lipinski definition) is 3. The van der Waals surface area contributed by atoms with E-state index in [1.807, 2.05) is 0 Å². The second kappa shape index (κ2) is 6.36. The van der Waals surface area contributed by atoms with Gasteiger partial charge in [-0.05, 0) is 32.1 Å². The average Bonchev–Trinajstić information content (AvgIpc) is 2.23. The third kappa shape index (κ3) is 2.89. The molecule has 2 rings (SSSR count). The van der Waals surface area contributed by atoms with E-state index in [1.54, 1.807) is 0 Å². The molecule has 3 nitrogen and oxygen atoms in total. The minimum absolute atomic E-state index is 0.480. The third-order valence-corrected chi connectivity index (χ3v) is 4.53. The second-order valence-corrected chi connectivity index (χ2v) is 6.24. The lowest BCUT2D eigenvalue weighted by atomic mass is 9.51. The van der Waals surface area contributed by atoms with Crippen LogP contribution in [0.4, 0.5) is 0 Å². The quantitative estimate of drug-likeness (QED) is 0.676. The van der Waals surface area contributed by atoms with Gasteiger partial charge in [0.05, 0.1) is 12.7 Å². The summed E-state index contributed by atoms with van der Waals surface area (Å²) in [5.74, 6) is 0.633. The molecule has 0 aromatic heterocycles. The maximum Gasteiger partial charge on any atom is 0.0661 e. The highest BCUT2D eigenvalue weighted by molar-refractivity contribution is 5.12. The minimum atomic E-state index is 0.480. The Labute approximate surface area is 112 Å². The molecule has 0 bridgehead atoms. The predicted molar refractivity (Wildman–Crippen MR) is 73.8 cm³/mol. The Kier molecular flexibility index (Phi) is 5.05. The van der Waals surface area contributed by atoms with Crippen LogP contribution in [0.25, 0.3) is 0 Å².